The SMILES string of the molecule is CS(=O)(=O)c1ccc(-c2ccc(C(=O)N3CCCC3CN3CCCC3)c(F)c2)cc1. The Hall–Kier alpha value is -2.25. The lowest BCUT2D eigenvalue weighted by Gasteiger charge is -2.28. The smallest absolute Gasteiger partial charge is 0.257 e. The summed E-state index contributed by atoms with van der Waals surface area (Å²) in [4.78, 5) is 17.5. The van der Waals surface area contributed by atoms with Crippen molar-refractivity contribution in [3.63, 3.8) is 0 Å². The van der Waals surface area contributed by atoms with Crippen LogP contribution in [-0.4, -0.2) is 62.6 Å². The minimum Gasteiger partial charge on any atom is -0.334 e. The lowest BCUT2D eigenvalue weighted by atomic mass is 10.0. The van der Waals surface area contributed by atoms with Crippen molar-refractivity contribution in [2.75, 3.05) is 32.4 Å². The number of benzene rings is 2. The standard InChI is InChI=1S/C23H27FN2O3S/c1-30(28,29)20-9-6-17(7-10-20)18-8-11-21(22(24)15-18)23(27)26-14-4-5-19(26)16-25-12-2-3-13-25/h6-11,15,19H,2-5,12-14,16H2,1H3. The number of halogens is 1. The van der Waals surface area contributed by atoms with E-state index in [4.69, 9.17) is 0 Å². The second-order valence-corrected chi connectivity index (χ2v) is 10.3. The Kier molecular flexibility index (Phi) is 5.93. The summed E-state index contributed by atoms with van der Waals surface area (Å²) in [5.74, 6) is -0.787. The normalized spacial score (nSPS) is 20.1. The van der Waals surface area contributed by atoms with Gasteiger partial charge in [0.2, 0.25) is 0 Å². The van der Waals surface area contributed by atoms with E-state index in [0.717, 1.165) is 38.7 Å². The topological polar surface area (TPSA) is 57.7 Å². The third-order valence-electron chi connectivity index (χ3n) is 6.12. The molecule has 0 aliphatic carbocycles. The molecule has 2 heterocycles. The van der Waals surface area contributed by atoms with Gasteiger partial charge in [-0.25, -0.2) is 12.8 Å². The Morgan fingerprint density at radius 1 is 1.00 bits per heavy atom. The van der Waals surface area contributed by atoms with Gasteiger partial charge < -0.3 is 9.80 Å². The Morgan fingerprint density at radius 3 is 2.30 bits per heavy atom. The summed E-state index contributed by atoms with van der Waals surface area (Å²) in [6.07, 6.45) is 5.49. The summed E-state index contributed by atoms with van der Waals surface area (Å²) in [6, 6.07) is 11.1. The first kappa shape index (κ1) is 21.0. The molecule has 2 aromatic rings. The van der Waals surface area contributed by atoms with E-state index in [-0.39, 0.29) is 22.4 Å². The maximum atomic E-state index is 14.9. The molecule has 1 amide bonds. The summed E-state index contributed by atoms with van der Waals surface area (Å²) >= 11 is 0. The van der Waals surface area contributed by atoms with Gasteiger partial charge in [0.05, 0.1) is 10.5 Å². The van der Waals surface area contributed by atoms with Gasteiger partial charge in [0.1, 0.15) is 5.82 Å². The Morgan fingerprint density at radius 2 is 1.67 bits per heavy atom. The largest absolute Gasteiger partial charge is 0.334 e. The van der Waals surface area contributed by atoms with Crippen molar-refractivity contribution in [1.29, 1.82) is 0 Å². The summed E-state index contributed by atoms with van der Waals surface area (Å²) in [5.41, 5.74) is 1.41. The van der Waals surface area contributed by atoms with Crippen molar-refractivity contribution in [2.24, 2.45) is 0 Å². The van der Waals surface area contributed by atoms with Crippen molar-refractivity contribution in [1.82, 2.24) is 9.80 Å². The van der Waals surface area contributed by atoms with E-state index in [9.17, 15) is 17.6 Å². The van der Waals surface area contributed by atoms with Crippen molar-refractivity contribution in [3.8, 4) is 11.1 Å². The van der Waals surface area contributed by atoms with Crippen LogP contribution in [0.15, 0.2) is 47.4 Å². The highest BCUT2D eigenvalue weighted by Crippen LogP contribution is 2.27. The van der Waals surface area contributed by atoms with E-state index in [0.29, 0.717) is 17.7 Å². The molecule has 0 radical (unpaired) electrons. The molecule has 2 aliphatic heterocycles. The summed E-state index contributed by atoms with van der Waals surface area (Å²) in [5, 5.41) is 0. The van der Waals surface area contributed by atoms with Crippen LogP contribution in [0.5, 0.6) is 0 Å². The third-order valence-corrected chi connectivity index (χ3v) is 7.25. The van der Waals surface area contributed by atoms with Crippen molar-refractivity contribution in [2.45, 2.75) is 36.6 Å². The second-order valence-electron chi connectivity index (χ2n) is 8.29. The van der Waals surface area contributed by atoms with Crippen LogP contribution in [-0.2, 0) is 9.84 Å². The number of amides is 1. The van der Waals surface area contributed by atoms with Crippen LogP contribution < -0.4 is 0 Å². The summed E-state index contributed by atoms with van der Waals surface area (Å²) in [7, 11) is -3.28. The monoisotopic (exact) mass is 430 g/mol. The zero-order chi connectivity index (χ0) is 21.3. The highest BCUT2D eigenvalue weighted by Gasteiger charge is 2.32. The number of hydrogen-bond acceptors (Lipinski definition) is 4. The van der Waals surface area contributed by atoms with E-state index in [1.807, 2.05) is 4.90 Å². The van der Waals surface area contributed by atoms with E-state index in [2.05, 4.69) is 4.90 Å². The molecule has 2 aromatic carbocycles. The highest BCUT2D eigenvalue weighted by atomic mass is 32.2. The van der Waals surface area contributed by atoms with E-state index >= 15 is 0 Å². The molecule has 2 saturated heterocycles. The Labute approximate surface area is 177 Å². The fourth-order valence-corrected chi connectivity index (χ4v) is 5.10. The second kappa shape index (κ2) is 8.47. The molecule has 4 rings (SSSR count). The fraction of sp³-hybridized carbons (Fsp3) is 0.435. The van der Waals surface area contributed by atoms with Crippen LogP contribution in [0.2, 0.25) is 0 Å². The van der Waals surface area contributed by atoms with Gasteiger partial charge in [-0.2, -0.15) is 0 Å². The predicted octanol–water partition coefficient (Wildman–Crippen LogP) is 3.60. The molecule has 1 unspecified atom stereocenters. The highest BCUT2D eigenvalue weighted by molar-refractivity contribution is 7.90. The molecule has 30 heavy (non-hydrogen) atoms. The zero-order valence-corrected chi connectivity index (χ0v) is 18.0. The molecule has 2 aliphatic rings. The average molecular weight is 431 g/mol. The molecule has 5 nitrogen and oxygen atoms in total. The van der Waals surface area contributed by atoms with Gasteiger partial charge in [-0.3, -0.25) is 4.79 Å². The number of carbonyl (C=O) groups excluding carboxylic acids is 1. The van der Waals surface area contributed by atoms with Crippen LogP contribution in [0.1, 0.15) is 36.0 Å². The molecule has 0 N–H and O–H groups in total. The van der Waals surface area contributed by atoms with Gasteiger partial charge in [-0.15, -0.1) is 0 Å². The number of likely N-dealkylation sites (tertiary alicyclic amines) is 2. The quantitative estimate of drug-likeness (QED) is 0.727. The zero-order valence-electron chi connectivity index (χ0n) is 17.2. The van der Waals surface area contributed by atoms with Crippen LogP contribution in [0.3, 0.4) is 0 Å². The first-order chi connectivity index (χ1) is 14.3. The van der Waals surface area contributed by atoms with Gasteiger partial charge in [0, 0.05) is 25.4 Å². The maximum Gasteiger partial charge on any atom is 0.257 e. The molecule has 1 atom stereocenters. The van der Waals surface area contributed by atoms with E-state index < -0.39 is 15.7 Å². The predicted molar refractivity (Wildman–Crippen MR) is 115 cm³/mol. The molecule has 160 valence electrons. The number of rotatable bonds is 5. The van der Waals surface area contributed by atoms with Gasteiger partial charge in [-0.1, -0.05) is 18.2 Å². The fourth-order valence-electron chi connectivity index (χ4n) is 4.47. The summed E-state index contributed by atoms with van der Waals surface area (Å²) in [6.45, 7) is 3.71. The van der Waals surface area contributed by atoms with E-state index in [1.165, 1.54) is 31.0 Å². The van der Waals surface area contributed by atoms with Crippen molar-refractivity contribution < 1.29 is 17.6 Å². The molecular weight excluding hydrogens is 403 g/mol. The Bertz CT molecular complexity index is 1030. The number of nitrogens with zero attached hydrogens (tertiary/aromatic N) is 2. The lowest BCUT2D eigenvalue weighted by Crippen LogP contribution is -2.42. The van der Waals surface area contributed by atoms with Gasteiger partial charge in [-0.05, 0) is 74.2 Å². The minimum atomic E-state index is -3.28. The Balaban J connectivity index is 1.51. The average Bonchev–Trinajstić information content (AvgIpc) is 3.39. The molecule has 0 bridgehead atoms. The molecule has 0 saturated carbocycles. The lowest BCUT2D eigenvalue weighted by molar-refractivity contribution is 0.0704. The number of sulfone groups is 1. The van der Waals surface area contributed by atoms with Crippen LogP contribution in [0, 0.1) is 5.82 Å². The van der Waals surface area contributed by atoms with Crippen molar-refractivity contribution in [3.05, 3.63) is 53.8 Å². The summed E-state index contributed by atoms with van der Waals surface area (Å²) < 4.78 is 38.1. The third kappa shape index (κ3) is 4.42. The van der Waals surface area contributed by atoms with Crippen molar-refractivity contribution >= 4 is 15.7 Å². The molecule has 2 fully saturated rings. The number of carbonyl (C=O) groups is 1. The molecule has 7 heteroatoms. The first-order valence-electron chi connectivity index (χ1n) is 10.5. The van der Waals surface area contributed by atoms with Gasteiger partial charge in [0.25, 0.3) is 5.91 Å². The minimum absolute atomic E-state index is 0.0971. The van der Waals surface area contributed by atoms with E-state index in [1.54, 1.807) is 24.3 Å². The maximum absolute atomic E-state index is 14.9. The molecule has 0 spiro atoms. The first-order valence-corrected chi connectivity index (χ1v) is 12.4. The van der Waals surface area contributed by atoms with Crippen LogP contribution >= 0.6 is 0 Å². The van der Waals surface area contributed by atoms with Crippen LogP contribution in [0.25, 0.3) is 11.1 Å². The van der Waals surface area contributed by atoms with Gasteiger partial charge >= 0.3 is 0 Å². The van der Waals surface area contributed by atoms with Gasteiger partial charge in [0.15, 0.2) is 9.84 Å². The molecule has 0 aromatic heterocycles. The molecular formula is C23H27FN2O3S. The number of hydrogen-bond donors (Lipinski definition) is 0. The van der Waals surface area contributed by atoms with Crippen LogP contribution in [0.4, 0.5) is 4.39 Å².